The van der Waals surface area contributed by atoms with E-state index < -0.39 is 0 Å². The zero-order valence-electron chi connectivity index (χ0n) is 13.9. The number of aryl methyl sites for hydroxylation is 1. The summed E-state index contributed by atoms with van der Waals surface area (Å²) in [5.74, 6) is 0. The summed E-state index contributed by atoms with van der Waals surface area (Å²) in [6.07, 6.45) is 3.59. The van der Waals surface area contributed by atoms with Gasteiger partial charge >= 0.3 is 0 Å². The van der Waals surface area contributed by atoms with Gasteiger partial charge in [-0.15, -0.1) is 0 Å². The Hall–Kier alpha value is -1.62. The Bertz CT molecular complexity index is 594. The molecular formula is C16H28N4O. The molecule has 1 aliphatic rings. The van der Waals surface area contributed by atoms with E-state index in [1.54, 1.807) is 10.6 Å². The molecule has 0 radical (unpaired) electrons. The van der Waals surface area contributed by atoms with Crippen molar-refractivity contribution in [3.63, 3.8) is 0 Å². The highest BCUT2D eigenvalue weighted by molar-refractivity contribution is 5.40. The number of fused-ring (bicyclic) bond motifs is 1. The summed E-state index contributed by atoms with van der Waals surface area (Å²) in [7, 11) is 0. The summed E-state index contributed by atoms with van der Waals surface area (Å²) in [5.41, 5.74) is 2.59. The van der Waals surface area contributed by atoms with Gasteiger partial charge in [0.25, 0.3) is 5.56 Å². The van der Waals surface area contributed by atoms with Crippen LogP contribution < -0.4 is 10.9 Å². The number of aromatic amines is 1. The topological polar surface area (TPSA) is 62.2 Å². The first-order chi connectivity index (χ1) is 10.2. The largest absolute Gasteiger partial charge is 0.309 e. The molecule has 3 rings (SSSR count). The molecule has 1 saturated heterocycles. The van der Waals surface area contributed by atoms with Gasteiger partial charge in [-0.1, -0.05) is 34.1 Å². The van der Waals surface area contributed by atoms with Crippen LogP contribution in [0.2, 0.25) is 0 Å². The lowest BCUT2D eigenvalue weighted by Crippen LogP contribution is -2.27. The van der Waals surface area contributed by atoms with E-state index in [0.717, 1.165) is 30.0 Å². The van der Waals surface area contributed by atoms with Crippen molar-refractivity contribution < 1.29 is 0 Å². The number of piperidine rings is 1. The van der Waals surface area contributed by atoms with Gasteiger partial charge in [0.1, 0.15) is 5.65 Å². The molecule has 1 fully saturated rings. The molecule has 5 heteroatoms. The van der Waals surface area contributed by atoms with E-state index in [2.05, 4.69) is 15.4 Å². The molecule has 2 N–H and O–H groups in total. The third-order valence-corrected chi connectivity index (χ3v) is 3.32. The van der Waals surface area contributed by atoms with Gasteiger partial charge < -0.3 is 10.3 Å². The lowest BCUT2D eigenvalue weighted by molar-refractivity contribution is 0.404. The minimum atomic E-state index is -0.0712. The van der Waals surface area contributed by atoms with E-state index in [1.165, 1.54) is 12.8 Å². The second-order valence-corrected chi connectivity index (χ2v) is 4.64. The van der Waals surface area contributed by atoms with Gasteiger partial charge in [-0.3, -0.25) is 4.79 Å². The van der Waals surface area contributed by atoms with E-state index in [1.807, 2.05) is 40.7 Å². The smallest absolute Gasteiger partial charge is 0.251 e. The fourth-order valence-electron chi connectivity index (χ4n) is 2.45. The number of nitrogens with one attached hydrogen (secondary N) is 2. The van der Waals surface area contributed by atoms with Crippen molar-refractivity contribution in [2.75, 3.05) is 6.54 Å². The van der Waals surface area contributed by atoms with Crippen LogP contribution in [0.15, 0.2) is 16.9 Å². The molecule has 0 aliphatic carbocycles. The number of hydrogen-bond donors (Lipinski definition) is 2. The van der Waals surface area contributed by atoms with Crippen molar-refractivity contribution in [1.82, 2.24) is 19.9 Å². The number of aromatic nitrogens is 3. The second-order valence-electron chi connectivity index (χ2n) is 4.64. The molecule has 1 atom stereocenters. The summed E-state index contributed by atoms with van der Waals surface area (Å²) >= 11 is 0. The van der Waals surface area contributed by atoms with Crippen LogP contribution in [-0.2, 0) is 0 Å². The Morgan fingerprint density at radius 3 is 2.52 bits per heavy atom. The molecule has 0 aromatic carbocycles. The van der Waals surface area contributed by atoms with Crippen LogP contribution in [0.5, 0.6) is 0 Å². The first-order valence-electron chi connectivity index (χ1n) is 8.07. The van der Waals surface area contributed by atoms with Gasteiger partial charge in [0.15, 0.2) is 0 Å². The standard InChI is InChI=1S/C12H16N4O.2C2H6/c1-8-6-12(17)14-11-7-10(15-16(8)11)9-4-2-3-5-13-9;2*1-2/h6-7,9,13H,2-5H2,1H3,(H,14,17);2*1-2H3. The summed E-state index contributed by atoms with van der Waals surface area (Å²) in [6.45, 7) is 10.9. The third kappa shape index (κ3) is 4.17. The Morgan fingerprint density at radius 1 is 1.19 bits per heavy atom. The number of H-pyrrole nitrogens is 1. The second kappa shape index (κ2) is 8.62. The molecule has 21 heavy (non-hydrogen) atoms. The Morgan fingerprint density at radius 2 is 1.90 bits per heavy atom. The van der Waals surface area contributed by atoms with Crippen molar-refractivity contribution >= 4 is 5.65 Å². The Labute approximate surface area is 126 Å². The molecular weight excluding hydrogens is 264 g/mol. The molecule has 3 heterocycles. The molecule has 1 unspecified atom stereocenters. The monoisotopic (exact) mass is 292 g/mol. The molecule has 1 aliphatic heterocycles. The molecule has 2 aromatic rings. The summed E-state index contributed by atoms with van der Waals surface area (Å²) in [6, 6.07) is 3.86. The maximum absolute atomic E-state index is 11.4. The normalized spacial score (nSPS) is 17.5. The fraction of sp³-hybridized carbons (Fsp3) is 0.625. The van der Waals surface area contributed by atoms with E-state index in [9.17, 15) is 4.79 Å². The van der Waals surface area contributed by atoms with Crippen LogP contribution in [-0.4, -0.2) is 21.1 Å². The van der Waals surface area contributed by atoms with Gasteiger partial charge in [0, 0.05) is 17.8 Å². The number of hydrogen-bond acceptors (Lipinski definition) is 3. The molecule has 0 saturated carbocycles. The lowest BCUT2D eigenvalue weighted by Gasteiger charge is -2.21. The highest BCUT2D eigenvalue weighted by Gasteiger charge is 2.18. The zero-order valence-corrected chi connectivity index (χ0v) is 13.9. The van der Waals surface area contributed by atoms with Gasteiger partial charge in [-0.25, -0.2) is 4.52 Å². The van der Waals surface area contributed by atoms with E-state index in [0.29, 0.717) is 6.04 Å². The minimum Gasteiger partial charge on any atom is -0.309 e. The number of nitrogens with zero attached hydrogens (tertiary/aromatic N) is 2. The molecule has 0 spiro atoms. The molecule has 0 bridgehead atoms. The van der Waals surface area contributed by atoms with E-state index in [-0.39, 0.29) is 5.56 Å². The Balaban J connectivity index is 0.000000510. The van der Waals surface area contributed by atoms with Crippen molar-refractivity contribution in [2.45, 2.75) is 59.9 Å². The third-order valence-electron chi connectivity index (χ3n) is 3.32. The van der Waals surface area contributed by atoms with Crippen LogP contribution >= 0.6 is 0 Å². The van der Waals surface area contributed by atoms with Gasteiger partial charge in [0.05, 0.1) is 11.7 Å². The lowest BCUT2D eigenvalue weighted by atomic mass is 10.0. The highest BCUT2D eigenvalue weighted by Crippen LogP contribution is 2.22. The molecule has 2 aromatic heterocycles. The first kappa shape index (κ1) is 17.4. The average molecular weight is 292 g/mol. The minimum absolute atomic E-state index is 0.0712. The maximum Gasteiger partial charge on any atom is 0.251 e. The van der Waals surface area contributed by atoms with Crippen LogP contribution in [0, 0.1) is 6.92 Å². The SMILES string of the molecule is CC.CC.Cc1cc(=O)[nH]c2cc(C3CCCCN3)nn12. The van der Waals surface area contributed by atoms with Gasteiger partial charge in [-0.05, 0) is 26.3 Å². The highest BCUT2D eigenvalue weighted by atomic mass is 16.1. The summed E-state index contributed by atoms with van der Waals surface area (Å²) < 4.78 is 1.80. The average Bonchev–Trinajstić information content (AvgIpc) is 2.96. The van der Waals surface area contributed by atoms with Crippen LogP contribution in [0.4, 0.5) is 0 Å². The predicted molar refractivity (Wildman–Crippen MR) is 87.8 cm³/mol. The maximum atomic E-state index is 11.4. The zero-order chi connectivity index (χ0) is 15.8. The fourth-order valence-corrected chi connectivity index (χ4v) is 2.45. The predicted octanol–water partition coefficient (Wildman–Crippen LogP) is 3.20. The Kier molecular flexibility index (Phi) is 7.15. The van der Waals surface area contributed by atoms with Crippen molar-refractivity contribution in [3.8, 4) is 0 Å². The van der Waals surface area contributed by atoms with Crippen molar-refractivity contribution in [3.05, 3.63) is 33.9 Å². The summed E-state index contributed by atoms with van der Waals surface area (Å²) in [5, 5.41) is 8.02. The first-order valence-corrected chi connectivity index (χ1v) is 8.07. The van der Waals surface area contributed by atoms with Crippen LogP contribution in [0.3, 0.4) is 0 Å². The van der Waals surface area contributed by atoms with Crippen molar-refractivity contribution in [2.24, 2.45) is 0 Å². The van der Waals surface area contributed by atoms with Crippen LogP contribution in [0.1, 0.15) is 64.4 Å². The van der Waals surface area contributed by atoms with Crippen LogP contribution in [0.25, 0.3) is 5.65 Å². The van der Waals surface area contributed by atoms with Gasteiger partial charge in [-0.2, -0.15) is 5.10 Å². The van der Waals surface area contributed by atoms with E-state index in [4.69, 9.17) is 0 Å². The molecule has 0 amide bonds. The van der Waals surface area contributed by atoms with Crippen molar-refractivity contribution in [1.29, 1.82) is 0 Å². The van der Waals surface area contributed by atoms with Gasteiger partial charge in [0.2, 0.25) is 0 Å². The molecule has 5 nitrogen and oxygen atoms in total. The number of rotatable bonds is 1. The van der Waals surface area contributed by atoms with E-state index >= 15 is 0 Å². The summed E-state index contributed by atoms with van der Waals surface area (Å²) in [4.78, 5) is 14.2. The quantitative estimate of drug-likeness (QED) is 0.848. The molecule has 118 valence electrons.